The molecule has 3 N–H and O–H groups in total. The van der Waals surface area contributed by atoms with Gasteiger partial charge in [0.2, 0.25) is 5.76 Å². The van der Waals surface area contributed by atoms with Crippen molar-refractivity contribution in [3.8, 4) is 5.88 Å². The van der Waals surface area contributed by atoms with Crippen molar-refractivity contribution in [3.05, 3.63) is 47.7 Å². The summed E-state index contributed by atoms with van der Waals surface area (Å²) in [6, 6.07) is 10.9. The Morgan fingerprint density at radius 3 is 2.64 bits per heavy atom. The molecule has 0 spiro atoms. The Balaban J connectivity index is 1.95. The molecule has 118 valence electrons. The van der Waals surface area contributed by atoms with E-state index < -0.39 is 24.7 Å². The fraction of sp³-hybridized carbons (Fsp3) is 0.333. The zero-order chi connectivity index (χ0) is 16.0. The van der Waals surface area contributed by atoms with Crippen LogP contribution in [0.2, 0.25) is 0 Å². The van der Waals surface area contributed by atoms with Crippen molar-refractivity contribution in [2.75, 3.05) is 13.2 Å². The van der Waals surface area contributed by atoms with E-state index in [0.29, 0.717) is 6.61 Å². The maximum absolute atomic E-state index is 11.9. The minimum Gasteiger partial charge on any atom is -0.471 e. The molecule has 0 aliphatic rings. The Bertz CT molecular complexity index is 607. The Morgan fingerprint density at radius 1 is 1.32 bits per heavy atom. The first-order valence-electron chi connectivity index (χ1n) is 6.74. The maximum atomic E-state index is 11.9. The lowest BCUT2D eigenvalue weighted by Crippen LogP contribution is -2.51. The average molecular weight is 306 g/mol. The van der Waals surface area contributed by atoms with Crippen LogP contribution in [0.3, 0.4) is 0 Å². The summed E-state index contributed by atoms with van der Waals surface area (Å²) >= 11 is 0. The number of aromatic nitrogens is 1. The number of rotatable bonds is 7. The Kier molecular flexibility index (Phi) is 5.13. The van der Waals surface area contributed by atoms with Crippen molar-refractivity contribution in [3.63, 3.8) is 0 Å². The van der Waals surface area contributed by atoms with Crippen LogP contribution in [-0.2, 0) is 6.61 Å². The molecule has 1 aromatic heterocycles. The zero-order valence-corrected chi connectivity index (χ0v) is 12.2. The van der Waals surface area contributed by atoms with E-state index in [0.717, 1.165) is 5.56 Å². The molecule has 2 aromatic rings. The van der Waals surface area contributed by atoms with Crippen LogP contribution in [0.15, 0.2) is 40.9 Å². The minimum absolute atomic E-state index is 0.0591. The van der Waals surface area contributed by atoms with Gasteiger partial charge in [0.05, 0.1) is 24.8 Å². The van der Waals surface area contributed by atoms with Crippen molar-refractivity contribution < 1.29 is 24.3 Å². The highest BCUT2D eigenvalue weighted by Crippen LogP contribution is 2.14. The summed E-state index contributed by atoms with van der Waals surface area (Å²) in [5.74, 6) is -0.465. The van der Waals surface area contributed by atoms with Gasteiger partial charge in [0.25, 0.3) is 11.8 Å². The van der Waals surface area contributed by atoms with E-state index in [1.54, 1.807) is 0 Å². The molecule has 22 heavy (non-hydrogen) atoms. The van der Waals surface area contributed by atoms with Crippen molar-refractivity contribution in [2.45, 2.75) is 19.1 Å². The average Bonchev–Trinajstić information content (AvgIpc) is 3.03. The number of hydrogen-bond acceptors (Lipinski definition) is 6. The summed E-state index contributed by atoms with van der Waals surface area (Å²) in [7, 11) is 0. The van der Waals surface area contributed by atoms with E-state index in [2.05, 4.69) is 10.5 Å². The molecule has 0 aliphatic heterocycles. The summed E-state index contributed by atoms with van der Waals surface area (Å²) in [6.07, 6.45) is 0. The van der Waals surface area contributed by atoms with Crippen molar-refractivity contribution >= 4 is 5.91 Å². The van der Waals surface area contributed by atoms with Gasteiger partial charge in [-0.1, -0.05) is 30.3 Å². The first-order valence-corrected chi connectivity index (χ1v) is 6.74. The molecule has 0 saturated heterocycles. The van der Waals surface area contributed by atoms with Crippen LogP contribution in [0.4, 0.5) is 0 Å². The SMILES string of the molecule is CC(CO)(CO)NC(=O)c1cc(OCc2ccccc2)no1. The largest absolute Gasteiger partial charge is 0.471 e. The van der Waals surface area contributed by atoms with Crippen molar-refractivity contribution in [1.82, 2.24) is 10.5 Å². The Hall–Kier alpha value is -2.38. The Labute approximate surface area is 127 Å². The molecular weight excluding hydrogens is 288 g/mol. The third-order valence-electron chi connectivity index (χ3n) is 3.06. The van der Waals surface area contributed by atoms with Crippen molar-refractivity contribution in [1.29, 1.82) is 0 Å². The topological polar surface area (TPSA) is 105 Å². The van der Waals surface area contributed by atoms with Gasteiger partial charge < -0.3 is 24.8 Å². The van der Waals surface area contributed by atoms with Crippen LogP contribution < -0.4 is 10.1 Å². The molecule has 0 bridgehead atoms. The molecule has 0 radical (unpaired) electrons. The van der Waals surface area contributed by atoms with Crippen LogP contribution in [0, 0.1) is 0 Å². The van der Waals surface area contributed by atoms with E-state index >= 15 is 0 Å². The highest BCUT2D eigenvalue weighted by molar-refractivity contribution is 5.92. The summed E-state index contributed by atoms with van der Waals surface area (Å²) in [5.41, 5.74) is -0.167. The third kappa shape index (κ3) is 4.06. The van der Waals surface area contributed by atoms with Gasteiger partial charge in [-0.3, -0.25) is 4.79 Å². The second-order valence-corrected chi connectivity index (χ2v) is 5.13. The molecular formula is C15H18N2O5. The minimum atomic E-state index is -1.13. The van der Waals surface area contributed by atoms with Gasteiger partial charge in [-0.05, 0) is 17.6 Å². The van der Waals surface area contributed by atoms with Crippen molar-refractivity contribution in [2.24, 2.45) is 0 Å². The van der Waals surface area contributed by atoms with Gasteiger partial charge in [-0.25, -0.2) is 0 Å². The number of nitrogens with zero attached hydrogens (tertiary/aromatic N) is 1. The molecule has 0 atom stereocenters. The van der Waals surface area contributed by atoms with Gasteiger partial charge in [0, 0.05) is 0 Å². The second kappa shape index (κ2) is 7.06. The predicted octanol–water partition coefficient (Wildman–Crippen LogP) is 0.727. The van der Waals surface area contributed by atoms with Gasteiger partial charge in [-0.2, -0.15) is 0 Å². The van der Waals surface area contributed by atoms with Gasteiger partial charge >= 0.3 is 0 Å². The molecule has 1 amide bonds. The number of ether oxygens (including phenoxy) is 1. The lowest BCUT2D eigenvalue weighted by molar-refractivity contribution is 0.0693. The number of benzene rings is 1. The molecule has 7 nitrogen and oxygen atoms in total. The third-order valence-corrected chi connectivity index (χ3v) is 3.06. The first-order chi connectivity index (χ1) is 10.6. The number of nitrogens with one attached hydrogen (secondary N) is 1. The number of aliphatic hydroxyl groups is 2. The van der Waals surface area contributed by atoms with E-state index in [4.69, 9.17) is 19.5 Å². The van der Waals surface area contributed by atoms with Crippen LogP contribution in [0.1, 0.15) is 23.0 Å². The monoisotopic (exact) mass is 306 g/mol. The molecule has 1 aromatic carbocycles. The lowest BCUT2D eigenvalue weighted by atomic mass is 10.1. The first kappa shape index (κ1) is 16.0. The number of hydrogen-bond donors (Lipinski definition) is 3. The second-order valence-electron chi connectivity index (χ2n) is 5.13. The molecule has 0 saturated carbocycles. The van der Waals surface area contributed by atoms with E-state index in [9.17, 15) is 4.79 Å². The number of aliphatic hydroxyl groups excluding tert-OH is 2. The molecule has 0 aliphatic carbocycles. The van der Waals surface area contributed by atoms with Crippen LogP contribution in [0.5, 0.6) is 5.88 Å². The fourth-order valence-electron chi connectivity index (χ4n) is 1.63. The summed E-state index contributed by atoms with van der Waals surface area (Å²) < 4.78 is 10.3. The number of amides is 1. The molecule has 0 unspecified atom stereocenters. The van der Waals surface area contributed by atoms with E-state index in [1.807, 2.05) is 30.3 Å². The zero-order valence-electron chi connectivity index (χ0n) is 12.2. The lowest BCUT2D eigenvalue weighted by Gasteiger charge is -2.25. The highest BCUT2D eigenvalue weighted by Gasteiger charge is 2.27. The quantitative estimate of drug-likeness (QED) is 0.696. The van der Waals surface area contributed by atoms with Gasteiger partial charge in [0.15, 0.2) is 0 Å². The molecule has 2 rings (SSSR count). The van der Waals surface area contributed by atoms with E-state index in [-0.39, 0.29) is 11.6 Å². The number of carbonyl (C=O) groups excluding carboxylic acids is 1. The van der Waals surface area contributed by atoms with Gasteiger partial charge in [-0.15, -0.1) is 0 Å². The summed E-state index contributed by atoms with van der Waals surface area (Å²) in [5, 5.41) is 24.4. The maximum Gasteiger partial charge on any atom is 0.290 e. The van der Waals surface area contributed by atoms with Crippen LogP contribution >= 0.6 is 0 Å². The predicted molar refractivity (Wildman–Crippen MR) is 77.3 cm³/mol. The van der Waals surface area contributed by atoms with Crippen LogP contribution in [0.25, 0.3) is 0 Å². The van der Waals surface area contributed by atoms with E-state index in [1.165, 1.54) is 13.0 Å². The Morgan fingerprint density at radius 2 is 2.00 bits per heavy atom. The normalized spacial score (nSPS) is 11.2. The highest BCUT2D eigenvalue weighted by atomic mass is 16.5. The van der Waals surface area contributed by atoms with Gasteiger partial charge in [0.1, 0.15) is 6.61 Å². The molecule has 1 heterocycles. The molecule has 0 fully saturated rings. The standard InChI is InChI=1S/C15H18N2O5/c1-15(9-18,10-19)16-14(20)12-7-13(17-22-12)21-8-11-5-3-2-4-6-11/h2-7,18-19H,8-10H2,1H3,(H,16,20). The van der Waals surface area contributed by atoms with Crippen LogP contribution in [-0.4, -0.2) is 40.0 Å². The summed E-state index contributed by atoms with van der Waals surface area (Å²) in [6.45, 7) is 1.01. The smallest absolute Gasteiger partial charge is 0.290 e. The fourth-order valence-corrected chi connectivity index (χ4v) is 1.63. The number of carbonyl (C=O) groups is 1. The summed E-state index contributed by atoms with van der Waals surface area (Å²) in [4.78, 5) is 11.9. The molecule has 7 heteroatoms.